The van der Waals surface area contributed by atoms with Gasteiger partial charge in [-0.25, -0.2) is 9.50 Å². The van der Waals surface area contributed by atoms with Crippen LogP contribution >= 0.6 is 0 Å². The zero-order chi connectivity index (χ0) is 10.1. The van der Waals surface area contributed by atoms with Crippen molar-refractivity contribution in [3.05, 3.63) is 23.8 Å². The quantitative estimate of drug-likeness (QED) is 0.726. The van der Waals surface area contributed by atoms with Crippen LogP contribution in [-0.2, 0) is 0 Å². The van der Waals surface area contributed by atoms with E-state index in [0.717, 1.165) is 17.9 Å². The normalized spacial score (nSPS) is 13.4. The Kier molecular flexibility index (Phi) is 2.19. The maximum Gasteiger partial charge on any atom is 0.252 e. The summed E-state index contributed by atoms with van der Waals surface area (Å²) < 4.78 is 1.71. The van der Waals surface area contributed by atoms with Gasteiger partial charge in [-0.1, -0.05) is 13.8 Å². The van der Waals surface area contributed by atoms with Gasteiger partial charge in [0.15, 0.2) is 0 Å². The lowest BCUT2D eigenvalue weighted by Gasteiger charge is -2.06. The molecule has 0 amide bonds. The van der Waals surface area contributed by atoms with E-state index < -0.39 is 0 Å². The van der Waals surface area contributed by atoms with E-state index in [-0.39, 0.29) is 0 Å². The van der Waals surface area contributed by atoms with Gasteiger partial charge < -0.3 is 0 Å². The van der Waals surface area contributed by atoms with E-state index in [2.05, 4.69) is 28.9 Å². The highest BCUT2D eigenvalue weighted by Gasteiger charge is 2.07. The van der Waals surface area contributed by atoms with Gasteiger partial charge in [0, 0.05) is 11.9 Å². The Morgan fingerprint density at radius 2 is 2.21 bits per heavy atom. The summed E-state index contributed by atoms with van der Waals surface area (Å²) in [5.41, 5.74) is 1.09. The summed E-state index contributed by atoms with van der Waals surface area (Å²) >= 11 is 0. The maximum atomic E-state index is 4.46. The Morgan fingerprint density at radius 1 is 1.43 bits per heavy atom. The van der Waals surface area contributed by atoms with E-state index in [1.54, 1.807) is 4.52 Å². The van der Waals surface area contributed by atoms with Gasteiger partial charge >= 0.3 is 0 Å². The largest absolute Gasteiger partial charge is 0.252 e. The Morgan fingerprint density at radius 3 is 2.93 bits per heavy atom. The Labute approximate surface area is 83.0 Å². The lowest BCUT2D eigenvalue weighted by molar-refractivity contribution is 0.704. The van der Waals surface area contributed by atoms with Crippen molar-refractivity contribution in [2.75, 3.05) is 0 Å². The van der Waals surface area contributed by atoms with Crippen molar-refractivity contribution in [3.63, 3.8) is 0 Å². The number of aryl methyl sites for hydroxylation is 1. The molecule has 2 aromatic rings. The molecule has 4 heteroatoms. The Balaban J connectivity index is 2.50. The molecule has 0 spiro atoms. The summed E-state index contributed by atoms with van der Waals surface area (Å²) in [5.74, 6) is 1.94. The van der Waals surface area contributed by atoms with Crippen molar-refractivity contribution >= 4 is 5.78 Å². The highest BCUT2D eigenvalue weighted by molar-refractivity contribution is 5.28. The summed E-state index contributed by atoms with van der Waals surface area (Å²) in [6, 6.07) is 2.01. The number of nitrogens with zero attached hydrogens (tertiary/aromatic N) is 4. The molecule has 4 nitrogen and oxygen atoms in total. The van der Waals surface area contributed by atoms with Gasteiger partial charge in [0.25, 0.3) is 5.78 Å². The van der Waals surface area contributed by atoms with Crippen LogP contribution in [-0.4, -0.2) is 19.6 Å². The van der Waals surface area contributed by atoms with Crippen molar-refractivity contribution in [1.29, 1.82) is 0 Å². The van der Waals surface area contributed by atoms with Crippen LogP contribution in [0.3, 0.4) is 0 Å². The van der Waals surface area contributed by atoms with Gasteiger partial charge in [-0.05, 0) is 25.3 Å². The van der Waals surface area contributed by atoms with Crippen molar-refractivity contribution in [1.82, 2.24) is 19.6 Å². The van der Waals surface area contributed by atoms with Crippen molar-refractivity contribution in [2.45, 2.75) is 33.1 Å². The van der Waals surface area contributed by atoms with Gasteiger partial charge in [-0.15, -0.1) is 0 Å². The van der Waals surface area contributed by atoms with Crippen LogP contribution in [0.15, 0.2) is 12.3 Å². The van der Waals surface area contributed by atoms with Gasteiger partial charge in [-0.3, -0.25) is 0 Å². The third-order valence-corrected chi connectivity index (χ3v) is 2.45. The van der Waals surface area contributed by atoms with E-state index in [1.165, 1.54) is 0 Å². The second-order valence-corrected chi connectivity index (χ2v) is 3.57. The first-order valence-electron chi connectivity index (χ1n) is 4.90. The third-order valence-electron chi connectivity index (χ3n) is 2.45. The van der Waals surface area contributed by atoms with Crippen LogP contribution < -0.4 is 0 Å². The molecule has 0 saturated carbocycles. The third kappa shape index (κ3) is 1.47. The predicted octanol–water partition coefficient (Wildman–Crippen LogP) is 1.95. The molecule has 0 fully saturated rings. The average molecular weight is 190 g/mol. The molecule has 0 bridgehead atoms. The standard InChI is InChI=1S/C10H14N4/c1-4-7(2)9-5-6-14-10(12-9)11-8(3)13-14/h5-7H,4H2,1-3H3. The van der Waals surface area contributed by atoms with Crippen LogP contribution in [0.25, 0.3) is 5.78 Å². The summed E-state index contributed by atoms with van der Waals surface area (Å²) in [6.45, 7) is 6.20. The molecule has 0 radical (unpaired) electrons. The highest BCUT2D eigenvalue weighted by Crippen LogP contribution is 2.15. The lowest BCUT2D eigenvalue weighted by atomic mass is 10.1. The fraction of sp³-hybridized carbons (Fsp3) is 0.500. The van der Waals surface area contributed by atoms with E-state index in [9.17, 15) is 0 Å². The first-order chi connectivity index (χ1) is 6.70. The summed E-state index contributed by atoms with van der Waals surface area (Å²) in [7, 11) is 0. The molecule has 2 aromatic heterocycles. The molecule has 74 valence electrons. The molecule has 0 aliphatic carbocycles. The lowest BCUT2D eigenvalue weighted by Crippen LogP contribution is -1.99. The average Bonchev–Trinajstić information content (AvgIpc) is 2.55. The van der Waals surface area contributed by atoms with Crippen LogP contribution in [0.4, 0.5) is 0 Å². The maximum absolute atomic E-state index is 4.46. The molecule has 14 heavy (non-hydrogen) atoms. The van der Waals surface area contributed by atoms with E-state index in [1.807, 2.05) is 19.2 Å². The van der Waals surface area contributed by atoms with Gasteiger partial charge in [0.2, 0.25) is 0 Å². The molecule has 2 rings (SSSR count). The SMILES string of the molecule is CCC(C)c1ccn2nc(C)nc2n1. The minimum absolute atomic E-state index is 0.483. The second-order valence-electron chi connectivity index (χ2n) is 3.57. The molecule has 0 N–H and O–H groups in total. The topological polar surface area (TPSA) is 43.1 Å². The van der Waals surface area contributed by atoms with E-state index >= 15 is 0 Å². The summed E-state index contributed by atoms with van der Waals surface area (Å²) in [5, 5.41) is 4.18. The smallest absolute Gasteiger partial charge is 0.216 e. The van der Waals surface area contributed by atoms with Crippen molar-refractivity contribution < 1.29 is 0 Å². The molecule has 2 heterocycles. The minimum Gasteiger partial charge on any atom is -0.216 e. The van der Waals surface area contributed by atoms with Crippen molar-refractivity contribution in [3.8, 4) is 0 Å². The van der Waals surface area contributed by atoms with Crippen molar-refractivity contribution in [2.24, 2.45) is 0 Å². The van der Waals surface area contributed by atoms with E-state index in [0.29, 0.717) is 11.7 Å². The molecule has 0 aromatic carbocycles. The number of hydrogen-bond acceptors (Lipinski definition) is 3. The minimum atomic E-state index is 0.483. The van der Waals surface area contributed by atoms with Crippen LogP contribution in [0.2, 0.25) is 0 Å². The van der Waals surface area contributed by atoms with Crippen LogP contribution in [0.1, 0.15) is 37.7 Å². The van der Waals surface area contributed by atoms with Crippen LogP contribution in [0, 0.1) is 6.92 Å². The first kappa shape index (κ1) is 9.12. The Hall–Kier alpha value is -1.45. The molecular formula is C10H14N4. The van der Waals surface area contributed by atoms with Gasteiger partial charge in [0.05, 0.1) is 0 Å². The molecule has 0 aliphatic heterocycles. The first-order valence-corrected chi connectivity index (χ1v) is 4.90. The fourth-order valence-corrected chi connectivity index (χ4v) is 1.38. The Bertz CT molecular complexity index is 446. The fourth-order valence-electron chi connectivity index (χ4n) is 1.38. The zero-order valence-corrected chi connectivity index (χ0v) is 8.73. The molecule has 1 atom stereocenters. The molecular weight excluding hydrogens is 176 g/mol. The second kappa shape index (κ2) is 3.36. The number of rotatable bonds is 2. The number of aromatic nitrogens is 4. The van der Waals surface area contributed by atoms with E-state index in [4.69, 9.17) is 0 Å². The number of fused-ring (bicyclic) bond motifs is 1. The monoisotopic (exact) mass is 190 g/mol. The predicted molar refractivity (Wildman–Crippen MR) is 54.2 cm³/mol. The summed E-state index contributed by atoms with van der Waals surface area (Å²) in [4.78, 5) is 8.69. The van der Waals surface area contributed by atoms with Crippen LogP contribution in [0.5, 0.6) is 0 Å². The molecule has 0 saturated heterocycles. The van der Waals surface area contributed by atoms with Gasteiger partial charge in [0.1, 0.15) is 5.82 Å². The highest BCUT2D eigenvalue weighted by atomic mass is 15.3. The summed E-state index contributed by atoms with van der Waals surface area (Å²) in [6.07, 6.45) is 3.01. The molecule has 1 unspecified atom stereocenters. The number of hydrogen-bond donors (Lipinski definition) is 0. The van der Waals surface area contributed by atoms with Gasteiger partial charge in [-0.2, -0.15) is 10.1 Å². The molecule has 0 aliphatic rings. The zero-order valence-electron chi connectivity index (χ0n) is 8.73.